The van der Waals surface area contributed by atoms with Crippen molar-refractivity contribution >= 4 is 41.1 Å². The van der Waals surface area contributed by atoms with Gasteiger partial charge in [0.05, 0.1) is 23.6 Å². The Bertz CT molecular complexity index is 1110. The maximum atomic E-state index is 13.4. The quantitative estimate of drug-likeness (QED) is 0.562. The van der Waals surface area contributed by atoms with E-state index < -0.39 is 35.6 Å². The van der Waals surface area contributed by atoms with Gasteiger partial charge < -0.3 is 0 Å². The number of carbonyl (C=O) groups excluding carboxylic acids is 3. The minimum absolute atomic E-state index is 0.260. The predicted molar refractivity (Wildman–Crippen MR) is 109 cm³/mol. The molecule has 0 N–H and O–H groups in total. The molecule has 2 fully saturated rings. The Morgan fingerprint density at radius 3 is 2.33 bits per heavy atom. The molecular weight excluding hydrogens is 409 g/mol. The summed E-state index contributed by atoms with van der Waals surface area (Å²) in [5.74, 6) is -3.30. The molecule has 0 aromatic heterocycles. The lowest BCUT2D eigenvalue weighted by Gasteiger charge is -2.30. The Morgan fingerprint density at radius 1 is 0.967 bits per heavy atom. The van der Waals surface area contributed by atoms with Crippen molar-refractivity contribution < 1.29 is 18.8 Å². The fourth-order valence-electron chi connectivity index (χ4n) is 4.47. The van der Waals surface area contributed by atoms with Crippen molar-refractivity contribution in [3.63, 3.8) is 0 Å². The molecule has 4 atom stereocenters. The minimum Gasteiger partial charge on any atom is -0.292 e. The lowest BCUT2D eigenvalue weighted by atomic mass is 9.86. The molecule has 2 amide bonds. The monoisotopic (exact) mass is 423 g/mol. The van der Waals surface area contributed by atoms with E-state index in [1.165, 1.54) is 35.5 Å². The number of ketones is 1. The van der Waals surface area contributed by atoms with Gasteiger partial charge >= 0.3 is 0 Å². The van der Waals surface area contributed by atoms with Gasteiger partial charge in [0.2, 0.25) is 11.8 Å². The summed E-state index contributed by atoms with van der Waals surface area (Å²) in [6.07, 6.45) is 5.00. The summed E-state index contributed by atoms with van der Waals surface area (Å²) in [6.45, 7) is 0. The van der Waals surface area contributed by atoms with Crippen molar-refractivity contribution in [2.24, 2.45) is 16.9 Å². The molecule has 5 rings (SSSR count). The molecule has 8 heteroatoms. The number of hydrazone groups is 1. The Morgan fingerprint density at radius 2 is 1.63 bits per heavy atom. The second-order valence-corrected chi connectivity index (χ2v) is 7.81. The topological polar surface area (TPSA) is 70.0 Å². The first-order chi connectivity index (χ1) is 14.5. The number of benzene rings is 2. The SMILES string of the molecule is O=C(c1ccc(F)cc1)C1C2C(=O)N(c3ccc(Cl)cc3)C(=O)C2C2C=CC=NN21. The number of fused-ring (bicyclic) bond motifs is 3. The second-order valence-electron chi connectivity index (χ2n) is 7.38. The summed E-state index contributed by atoms with van der Waals surface area (Å²) in [4.78, 5) is 41.1. The first-order valence-corrected chi connectivity index (χ1v) is 9.77. The van der Waals surface area contributed by atoms with Gasteiger partial charge in [0.25, 0.3) is 0 Å². The number of amides is 2. The number of Topliss-reactive ketones (excluding diaryl/α,β-unsaturated/α-hetero) is 1. The third kappa shape index (κ3) is 2.69. The van der Waals surface area contributed by atoms with E-state index in [9.17, 15) is 18.8 Å². The van der Waals surface area contributed by atoms with Crippen LogP contribution in [0.1, 0.15) is 10.4 Å². The summed E-state index contributed by atoms with van der Waals surface area (Å²) in [6, 6.07) is 10.1. The fourth-order valence-corrected chi connectivity index (χ4v) is 4.59. The molecule has 0 saturated carbocycles. The zero-order valence-electron chi connectivity index (χ0n) is 15.5. The lowest BCUT2D eigenvalue weighted by Crippen LogP contribution is -2.46. The molecule has 6 nitrogen and oxygen atoms in total. The third-order valence-corrected chi connectivity index (χ3v) is 6.03. The van der Waals surface area contributed by atoms with Crippen LogP contribution in [0.2, 0.25) is 5.02 Å². The highest BCUT2D eigenvalue weighted by atomic mass is 35.5. The van der Waals surface area contributed by atoms with Gasteiger partial charge in [0.15, 0.2) is 5.78 Å². The highest BCUT2D eigenvalue weighted by Gasteiger charge is 2.64. The molecule has 150 valence electrons. The smallest absolute Gasteiger partial charge is 0.240 e. The van der Waals surface area contributed by atoms with Gasteiger partial charge in [-0.25, -0.2) is 9.29 Å². The first-order valence-electron chi connectivity index (χ1n) is 9.39. The van der Waals surface area contributed by atoms with Gasteiger partial charge in [0, 0.05) is 16.8 Å². The predicted octanol–water partition coefficient (Wildman–Crippen LogP) is 3.08. The van der Waals surface area contributed by atoms with Crippen LogP contribution in [0.3, 0.4) is 0 Å². The van der Waals surface area contributed by atoms with Gasteiger partial charge in [-0.2, -0.15) is 5.10 Å². The summed E-state index contributed by atoms with van der Waals surface area (Å²) < 4.78 is 13.3. The summed E-state index contributed by atoms with van der Waals surface area (Å²) >= 11 is 5.93. The number of rotatable bonds is 3. The van der Waals surface area contributed by atoms with Crippen LogP contribution in [-0.4, -0.2) is 40.9 Å². The van der Waals surface area contributed by atoms with Crippen LogP contribution < -0.4 is 4.90 Å². The number of carbonyl (C=O) groups is 3. The van der Waals surface area contributed by atoms with Gasteiger partial charge in [0.1, 0.15) is 11.9 Å². The highest BCUT2D eigenvalue weighted by Crippen LogP contribution is 2.46. The molecule has 3 aliphatic rings. The summed E-state index contributed by atoms with van der Waals surface area (Å²) in [5, 5.41) is 6.29. The van der Waals surface area contributed by atoms with Crippen molar-refractivity contribution in [1.82, 2.24) is 5.01 Å². The molecule has 2 aromatic carbocycles. The van der Waals surface area contributed by atoms with Gasteiger partial charge in [-0.05, 0) is 54.6 Å². The van der Waals surface area contributed by atoms with E-state index in [-0.39, 0.29) is 17.3 Å². The zero-order chi connectivity index (χ0) is 21.0. The van der Waals surface area contributed by atoms with Crippen LogP contribution in [0, 0.1) is 17.7 Å². The standard InChI is InChI=1S/C22H15ClFN3O3/c23-13-5-9-15(10-6-13)26-21(29)17-16-2-1-11-25-27(16)19(18(17)22(26)30)20(28)12-3-7-14(24)8-4-12/h1-11,16-19H. The van der Waals surface area contributed by atoms with Crippen LogP contribution in [0.4, 0.5) is 10.1 Å². The summed E-state index contributed by atoms with van der Waals surface area (Å²) in [5.41, 5.74) is 0.669. The maximum Gasteiger partial charge on any atom is 0.240 e. The Hall–Kier alpha value is -3.32. The van der Waals surface area contributed by atoms with E-state index in [1.807, 2.05) is 0 Å². The first kappa shape index (κ1) is 18.7. The van der Waals surface area contributed by atoms with E-state index in [0.29, 0.717) is 10.7 Å². The third-order valence-electron chi connectivity index (χ3n) is 5.77. The number of hydrogen-bond acceptors (Lipinski definition) is 5. The van der Waals surface area contributed by atoms with Crippen LogP contribution >= 0.6 is 11.6 Å². The van der Waals surface area contributed by atoms with E-state index in [1.54, 1.807) is 36.4 Å². The molecule has 0 bridgehead atoms. The molecular formula is C22H15ClFN3O3. The minimum atomic E-state index is -0.958. The molecule has 0 radical (unpaired) electrons. The van der Waals surface area contributed by atoms with Crippen LogP contribution in [0.25, 0.3) is 0 Å². The van der Waals surface area contributed by atoms with Crippen LogP contribution in [-0.2, 0) is 9.59 Å². The number of halogens is 2. The highest BCUT2D eigenvalue weighted by molar-refractivity contribution is 6.31. The number of imide groups is 1. The number of hydrogen-bond donors (Lipinski definition) is 0. The van der Waals surface area contributed by atoms with Crippen molar-refractivity contribution in [3.05, 3.63) is 77.1 Å². The summed E-state index contributed by atoms with van der Waals surface area (Å²) in [7, 11) is 0. The Balaban J connectivity index is 1.57. The maximum absolute atomic E-state index is 13.4. The van der Waals surface area contributed by atoms with Gasteiger partial charge in [-0.1, -0.05) is 17.7 Å². The Labute approximate surface area is 176 Å². The van der Waals surface area contributed by atoms with Gasteiger partial charge in [-0.3, -0.25) is 19.4 Å². The molecule has 30 heavy (non-hydrogen) atoms. The molecule has 0 spiro atoms. The van der Waals surface area contributed by atoms with E-state index in [4.69, 9.17) is 11.6 Å². The van der Waals surface area contributed by atoms with E-state index >= 15 is 0 Å². The van der Waals surface area contributed by atoms with Crippen molar-refractivity contribution in [2.75, 3.05) is 4.90 Å². The number of allylic oxidation sites excluding steroid dienone is 1. The number of anilines is 1. The molecule has 2 saturated heterocycles. The van der Waals surface area contributed by atoms with E-state index in [0.717, 1.165) is 4.90 Å². The largest absolute Gasteiger partial charge is 0.292 e. The normalized spacial score (nSPS) is 26.9. The van der Waals surface area contributed by atoms with E-state index in [2.05, 4.69) is 5.10 Å². The second kappa shape index (κ2) is 6.88. The van der Waals surface area contributed by atoms with Crippen molar-refractivity contribution in [3.8, 4) is 0 Å². The molecule has 0 aliphatic carbocycles. The molecule has 3 aliphatic heterocycles. The lowest BCUT2D eigenvalue weighted by molar-refractivity contribution is -0.123. The van der Waals surface area contributed by atoms with Crippen molar-refractivity contribution in [2.45, 2.75) is 12.1 Å². The van der Waals surface area contributed by atoms with Crippen LogP contribution in [0.5, 0.6) is 0 Å². The Kier molecular flexibility index (Phi) is 4.29. The molecule has 3 heterocycles. The average Bonchev–Trinajstić information content (AvgIpc) is 3.22. The molecule has 4 unspecified atom stereocenters. The zero-order valence-corrected chi connectivity index (χ0v) is 16.2. The van der Waals surface area contributed by atoms with Crippen molar-refractivity contribution in [1.29, 1.82) is 0 Å². The average molecular weight is 424 g/mol. The number of nitrogens with zero attached hydrogens (tertiary/aromatic N) is 3. The fraction of sp³-hybridized carbons (Fsp3) is 0.182. The van der Waals surface area contributed by atoms with Crippen LogP contribution in [0.15, 0.2) is 65.8 Å². The molecule has 2 aromatic rings. The van der Waals surface area contributed by atoms with Gasteiger partial charge in [-0.15, -0.1) is 0 Å².